The molecule has 0 radical (unpaired) electrons. The second-order valence-corrected chi connectivity index (χ2v) is 4.46. The molecule has 0 rings (SSSR count). The van der Waals surface area contributed by atoms with Crippen molar-refractivity contribution in [3.8, 4) is 0 Å². The molecule has 100 valence electrons. The van der Waals surface area contributed by atoms with E-state index in [4.69, 9.17) is 9.47 Å². The summed E-state index contributed by atoms with van der Waals surface area (Å²) in [5.41, 5.74) is -0.404. The van der Waals surface area contributed by atoms with Crippen LogP contribution in [0.1, 0.15) is 20.8 Å². The number of hydrogen-bond donors (Lipinski definition) is 2. The molecule has 2 amide bonds. The number of rotatable bonds is 5. The van der Waals surface area contributed by atoms with Crippen LogP contribution in [0.15, 0.2) is 0 Å². The van der Waals surface area contributed by atoms with Crippen LogP contribution in [0.3, 0.4) is 0 Å². The minimum atomic E-state index is -0.489. The van der Waals surface area contributed by atoms with E-state index in [9.17, 15) is 9.59 Å². The highest BCUT2D eigenvalue weighted by Crippen LogP contribution is 2.27. The molecule has 0 aliphatic rings. The summed E-state index contributed by atoms with van der Waals surface area (Å²) in [6.45, 7) is 6.27. The molecule has 0 aliphatic carbocycles. The number of alkyl carbamates (subject to hydrolysis) is 2. The molecule has 6 heteroatoms. The summed E-state index contributed by atoms with van der Waals surface area (Å²) < 4.78 is 10.0. The molecule has 0 spiro atoms. The van der Waals surface area contributed by atoms with Crippen molar-refractivity contribution in [2.45, 2.75) is 20.8 Å². The van der Waals surface area contributed by atoms with Gasteiger partial charge in [-0.05, 0) is 5.92 Å². The van der Waals surface area contributed by atoms with Gasteiger partial charge in [-0.2, -0.15) is 0 Å². The van der Waals surface area contributed by atoms with Crippen LogP contribution in [-0.2, 0) is 9.47 Å². The second kappa shape index (κ2) is 6.98. The number of carbonyl (C=O) groups is 2. The lowest BCUT2D eigenvalue weighted by Crippen LogP contribution is -2.38. The number of carbonyl (C=O) groups excluding carboxylic acids is 2. The number of ether oxygens (including phenoxy) is 2. The molecule has 0 bridgehead atoms. The van der Waals surface area contributed by atoms with Crippen molar-refractivity contribution in [1.82, 2.24) is 10.6 Å². The smallest absolute Gasteiger partial charge is 0.406 e. The van der Waals surface area contributed by atoms with Crippen LogP contribution in [-0.4, -0.2) is 39.5 Å². The summed E-state index contributed by atoms with van der Waals surface area (Å²) in [6, 6.07) is 0. The summed E-state index contributed by atoms with van der Waals surface area (Å²) in [5.74, 6) is 0.205. The van der Waals surface area contributed by atoms with Crippen LogP contribution in [0.2, 0.25) is 0 Å². The Bertz CT molecular complexity index is 246. The number of amides is 2. The molecule has 0 aromatic rings. The van der Waals surface area contributed by atoms with Crippen molar-refractivity contribution >= 4 is 12.2 Å². The number of hydrogen-bond acceptors (Lipinski definition) is 4. The van der Waals surface area contributed by atoms with Crippen molar-refractivity contribution in [2.24, 2.45) is 11.3 Å². The topological polar surface area (TPSA) is 76.7 Å². The lowest BCUT2D eigenvalue weighted by atomic mass is 9.81. The van der Waals surface area contributed by atoms with E-state index in [1.54, 1.807) is 0 Å². The maximum atomic E-state index is 11.0. The lowest BCUT2D eigenvalue weighted by Gasteiger charge is -2.32. The largest absolute Gasteiger partial charge is 0.449 e. The predicted octanol–water partition coefficient (Wildman–Crippen LogP) is 1.36. The maximum Gasteiger partial charge on any atom is 0.406 e. The minimum Gasteiger partial charge on any atom is -0.449 e. The minimum absolute atomic E-state index is 0.196. The van der Waals surface area contributed by atoms with Crippen LogP contribution in [0.5, 0.6) is 0 Å². The van der Waals surface area contributed by atoms with Crippen LogP contribution < -0.4 is 10.6 Å². The molecule has 17 heavy (non-hydrogen) atoms. The van der Waals surface area contributed by atoms with E-state index < -0.39 is 17.6 Å². The molecule has 0 aromatic carbocycles. The van der Waals surface area contributed by atoms with Crippen molar-refractivity contribution in [3.05, 3.63) is 0 Å². The fourth-order valence-corrected chi connectivity index (χ4v) is 0.980. The highest BCUT2D eigenvalue weighted by Gasteiger charge is 2.32. The Morgan fingerprint density at radius 2 is 1.41 bits per heavy atom. The fraction of sp³-hybridized carbons (Fsp3) is 0.818. The molecule has 2 N–H and O–H groups in total. The Labute approximate surface area is 102 Å². The summed E-state index contributed by atoms with van der Waals surface area (Å²) >= 11 is 0. The van der Waals surface area contributed by atoms with E-state index in [1.165, 1.54) is 14.1 Å². The van der Waals surface area contributed by atoms with Crippen LogP contribution in [0, 0.1) is 11.3 Å². The first-order valence-corrected chi connectivity index (χ1v) is 5.54. The van der Waals surface area contributed by atoms with Crippen molar-refractivity contribution < 1.29 is 19.1 Å². The predicted molar refractivity (Wildman–Crippen MR) is 63.8 cm³/mol. The third-order valence-corrected chi connectivity index (χ3v) is 2.87. The average Bonchev–Trinajstić information content (AvgIpc) is 2.32. The van der Waals surface area contributed by atoms with E-state index in [0.29, 0.717) is 0 Å². The van der Waals surface area contributed by atoms with Gasteiger partial charge in [-0.3, -0.25) is 0 Å². The summed E-state index contributed by atoms with van der Waals surface area (Å²) in [6.07, 6.45) is -0.978. The lowest BCUT2D eigenvalue weighted by molar-refractivity contribution is 0.0104. The van der Waals surface area contributed by atoms with E-state index in [1.807, 2.05) is 20.8 Å². The summed E-state index contributed by atoms with van der Waals surface area (Å²) in [5, 5.41) is 4.74. The molecule has 0 saturated carbocycles. The first-order valence-electron chi connectivity index (χ1n) is 5.54. The Morgan fingerprint density at radius 1 is 1.06 bits per heavy atom. The Balaban J connectivity index is 4.35. The first kappa shape index (κ1) is 15.5. The Morgan fingerprint density at radius 3 is 1.65 bits per heavy atom. The van der Waals surface area contributed by atoms with Crippen molar-refractivity contribution in [2.75, 3.05) is 27.3 Å². The van der Waals surface area contributed by atoms with Gasteiger partial charge in [0.05, 0.1) is 0 Å². The Kier molecular flexibility index (Phi) is 6.38. The van der Waals surface area contributed by atoms with E-state index in [-0.39, 0.29) is 19.1 Å². The summed E-state index contributed by atoms with van der Waals surface area (Å²) in [4.78, 5) is 22.0. The second-order valence-electron chi connectivity index (χ2n) is 4.46. The van der Waals surface area contributed by atoms with Gasteiger partial charge in [-0.25, -0.2) is 9.59 Å². The van der Waals surface area contributed by atoms with Gasteiger partial charge in [0.1, 0.15) is 13.2 Å². The van der Waals surface area contributed by atoms with Crippen LogP contribution in [0.25, 0.3) is 0 Å². The first-order chi connectivity index (χ1) is 7.85. The van der Waals surface area contributed by atoms with E-state index in [0.717, 1.165) is 0 Å². The van der Waals surface area contributed by atoms with E-state index >= 15 is 0 Å². The quantitative estimate of drug-likeness (QED) is 0.768. The number of nitrogens with one attached hydrogen (secondary N) is 2. The molecule has 0 atom stereocenters. The van der Waals surface area contributed by atoms with Crippen molar-refractivity contribution in [3.63, 3.8) is 0 Å². The molecular weight excluding hydrogens is 224 g/mol. The van der Waals surface area contributed by atoms with Crippen LogP contribution >= 0.6 is 0 Å². The monoisotopic (exact) mass is 246 g/mol. The molecular formula is C11H22N2O4. The van der Waals surface area contributed by atoms with Gasteiger partial charge in [-0.15, -0.1) is 0 Å². The molecule has 0 aliphatic heterocycles. The van der Waals surface area contributed by atoms with Gasteiger partial charge in [0.25, 0.3) is 0 Å². The van der Waals surface area contributed by atoms with Crippen LogP contribution in [0.4, 0.5) is 9.59 Å². The van der Waals surface area contributed by atoms with E-state index in [2.05, 4.69) is 10.6 Å². The summed E-state index contributed by atoms with van der Waals surface area (Å²) in [7, 11) is 2.99. The zero-order valence-corrected chi connectivity index (χ0v) is 11.1. The molecule has 0 heterocycles. The average molecular weight is 246 g/mol. The highest BCUT2D eigenvalue weighted by atomic mass is 16.6. The van der Waals surface area contributed by atoms with Gasteiger partial charge < -0.3 is 20.1 Å². The molecule has 0 saturated heterocycles. The SMILES string of the molecule is CNC(=O)OCC(C)(COC(=O)NC)C(C)C. The standard InChI is InChI=1S/C11H22N2O4/c1-8(2)11(3,6-16-9(14)12-4)7-17-10(15)13-5/h8H,6-7H2,1-5H3,(H,12,14)(H,13,15). The molecule has 0 aromatic heterocycles. The normalized spacial score (nSPS) is 10.9. The zero-order chi connectivity index (χ0) is 13.5. The van der Waals surface area contributed by atoms with Gasteiger partial charge >= 0.3 is 12.2 Å². The van der Waals surface area contributed by atoms with Crippen molar-refractivity contribution in [1.29, 1.82) is 0 Å². The molecule has 6 nitrogen and oxygen atoms in total. The Hall–Kier alpha value is -1.46. The van der Waals surface area contributed by atoms with Gasteiger partial charge in [-0.1, -0.05) is 20.8 Å². The molecule has 0 unspecified atom stereocenters. The third kappa shape index (κ3) is 5.42. The maximum absolute atomic E-state index is 11.0. The molecule has 0 fully saturated rings. The van der Waals surface area contributed by atoms with Gasteiger partial charge in [0, 0.05) is 19.5 Å². The third-order valence-electron chi connectivity index (χ3n) is 2.87. The fourth-order valence-electron chi connectivity index (χ4n) is 0.980. The highest BCUT2D eigenvalue weighted by molar-refractivity contribution is 5.67. The van der Waals surface area contributed by atoms with Gasteiger partial charge in [0.2, 0.25) is 0 Å². The van der Waals surface area contributed by atoms with Gasteiger partial charge in [0.15, 0.2) is 0 Å². The zero-order valence-electron chi connectivity index (χ0n) is 11.1.